The van der Waals surface area contributed by atoms with Gasteiger partial charge in [-0.1, -0.05) is 130 Å². The zero-order valence-corrected chi connectivity index (χ0v) is 32.8. The van der Waals surface area contributed by atoms with Crippen LogP contribution in [0.5, 0.6) is 0 Å². The highest BCUT2D eigenvalue weighted by molar-refractivity contribution is 7.16. The third kappa shape index (κ3) is 24.5. The molecule has 0 radical (unpaired) electrons. The van der Waals surface area contributed by atoms with Crippen LogP contribution < -0.4 is 5.84 Å². The summed E-state index contributed by atoms with van der Waals surface area (Å²) in [4.78, 5) is 4.71. The van der Waals surface area contributed by atoms with E-state index in [0.29, 0.717) is 5.92 Å². The zero-order chi connectivity index (χ0) is 35.3. The molecule has 0 aromatic heterocycles. The summed E-state index contributed by atoms with van der Waals surface area (Å²) < 4.78 is 0. The zero-order valence-electron chi connectivity index (χ0n) is 31.6. The molecule has 1 fully saturated rings. The number of allylic oxidation sites excluding steroid dienone is 15. The largest absolute Gasteiger partial charge is 0.515 e. The summed E-state index contributed by atoms with van der Waals surface area (Å²) in [6.45, 7) is 15.9. The van der Waals surface area contributed by atoms with Gasteiger partial charge >= 0.3 is 0 Å². The van der Waals surface area contributed by atoms with Crippen molar-refractivity contribution >= 4 is 15.0 Å². The lowest BCUT2D eigenvalue weighted by Crippen LogP contribution is -2.23. The monoisotopic (exact) mass is 666 g/mol. The Kier molecular flexibility index (Phi) is 28.4. The number of nitrogens with zero attached hydrogens (tertiary/aromatic N) is 2. The Morgan fingerprint density at radius 2 is 1.79 bits per heavy atom. The second kappa shape index (κ2) is 29.8. The van der Waals surface area contributed by atoms with E-state index in [1.165, 1.54) is 85.6 Å². The number of aliphatic imine (C=N–C) groups is 1. The average Bonchev–Trinajstić information content (AvgIpc) is 3.28. The molecule has 3 N–H and O–H groups in total. The Morgan fingerprint density at radius 1 is 1.09 bits per heavy atom. The molecule has 1 saturated carbocycles. The van der Waals surface area contributed by atoms with Gasteiger partial charge < -0.3 is 5.11 Å². The van der Waals surface area contributed by atoms with Crippen LogP contribution in [0.25, 0.3) is 0 Å². The number of aliphatic hydroxyl groups is 1. The summed E-state index contributed by atoms with van der Waals surface area (Å²) in [6, 6.07) is 0. The molecule has 2 unspecified atom stereocenters. The van der Waals surface area contributed by atoms with Gasteiger partial charge in [-0.15, -0.1) is 9.24 Å². The van der Waals surface area contributed by atoms with Crippen molar-refractivity contribution in [2.24, 2.45) is 22.7 Å². The van der Waals surface area contributed by atoms with Crippen molar-refractivity contribution in [2.75, 3.05) is 19.9 Å². The molecule has 0 saturated heterocycles. The quantitative estimate of drug-likeness (QED) is 0.0431. The third-order valence-corrected chi connectivity index (χ3v) is 9.05. The van der Waals surface area contributed by atoms with E-state index in [2.05, 4.69) is 112 Å². The minimum atomic E-state index is 0.609. The molecule has 5 heteroatoms. The first-order valence-electron chi connectivity index (χ1n) is 18.3. The lowest BCUT2D eigenvalue weighted by atomic mass is 9.78. The molecule has 2 atom stereocenters. The second-order valence-corrected chi connectivity index (χ2v) is 13.5. The van der Waals surface area contributed by atoms with Crippen LogP contribution >= 0.6 is 9.24 Å². The molecule has 0 aromatic rings. The Bertz CT molecular complexity index is 1090. The van der Waals surface area contributed by atoms with E-state index < -0.39 is 0 Å². The van der Waals surface area contributed by atoms with Crippen LogP contribution in [-0.2, 0) is 0 Å². The molecular weight excluding hydrogens is 593 g/mol. The number of aliphatic hydroxyl groups excluding tert-OH is 1. The molecule has 47 heavy (non-hydrogen) atoms. The highest BCUT2D eigenvalue weighted by Gasteiger charge is 2.20. The van der Waals surface area contributed by atoms with Gasteiger partial charge in [0.05, 0.1) is 6.26 Å². The summed E-state index contributed by atoms with van der Waals surface area (Å²) in [7, 11) is 4.31. The highest BCUT2D eigenvalue weighted by atomic mass is 31.0. The van der Waals surface area contributed by atoms with Crippen molar-refractivity contribution in [1.82, 2.24) is 5.01 Å². The SMILES string of the molecule is CCCN=C(CCC)CC1=CC=C(C)C=CC1.CN(N)CP.C\C=C/C=C(\C=C/C)CCC(CC1CCCCC1)/C(C)=C\C(C)=C\O. The van der Waals surface area contributed by atoms with E-state index >= 15 is 0 Å². The van der Waals surface area contributed by atoms with E-state index in [-0.39, 0.29) is 0 Å². The molecular formula is C42H72N3OP. The summed E-state index contributed by atoms with van der Waals surface area (Å²) >= 11 is 0. The molecule has 0 aromatic carbocycles. The smallest absolute Gasteiger partial charge is 0.0820 e. The standard InChI is InChI=1S/C24H38O.C16H25N.C2H9N2P/c1-5-7-12-22(11-6-2)15-16-24(21(4)17-20(3)19-25)18-23-13-9-8-10-14-23;1-4-7-16(17-12-5-2)13-15-9-6-8-14(3)10-11-15;1-4(3)2-5/h5-7,11-12,17,19,23-25H,8-10,13-16,18H2,1-4H3;6,8,10-11H,4-5,7,9,12-13H2,1-3H3;2-3,5H2,1H3/b7-5-,11-6-,20-19+,21-17-,22-12+;;. The highest BCUT2D eigenvalue weighted by Crippen LogP contribution is 2.34. The minimum Gasteiger partial charge on any atom is -0.515 e. The Balaban J connectivity index is 0.000000827. The molecule has 0 bridgehead atoms. The maximum absolute atomic E-state index is 9.24. The van der Waals surface area contributed by atoms with E-state index in [0.717, 1.165) is 56.4 Å². The number of rotatable bonds is 16. The van der Waals surface area contributed by atoms with Gasteiger partial charge in [0.2, 0.25) is 0 Å². The molecule has 2 aliphatic rings. The van der Waals surface area contributed by atoms with Crippen molar-refractivity contribution in [3.63, 3.8) is 0 Å². The Labute approximate surface area is 293 Å². The normalized spacial score (nSPS) is 17.6. The van der Waals surface area contributed by atoms with Crippen molar-refractivity contribution in [2.45, 2.75) is 132 Å². The van der Waals surface area contributed by atoms with Gasteiger partial charge in [-0.25, -0.2) is 5.01 Å². The fourth-order valence-electron chi connectivity index (χ4n) is 5.81. The van der Waals surface area contributed by atoms with Crippen molar-refractivity contribution in [3.05, 3.63) is 94.9 Å². The van der Waals surface area contributed by atoms with Gasteiger partial charge in [0.25, 0.3) is 0 Å². The van der Waals surface area contributed by atoms with Gasteiger partial charge in [0.15, 0.2) is 0 Å². The van der Waals surface area contributed by atoms with Crippen molar-refractivity contribution < 1.29 is 5.11 Å². The number of nitrogens with two attached hydrogens (primary N) is 1. The molecule has 2 aliphatic carbocycles. The van der Waals surface area contributed by atoms with Crippen LogP contribution in [0, 0.1) is 11.8 Å². The minimum absolute atomic E-state index is 0.609. The average molecular weight is 666 g/mol. The van der Waals surface area contributed by atoms with E-state index in [1.54, 1.807) is 5.01 Å². The van der Waals surface area contributed by atoms with E-state index in [4.69, 9.17) is 10.8 Å². The fourth-order valence-corrected chi connectivity index (χ4v) is 5.81. The Hall–Kier alpha value is -2.26. The van der Waals surface area contributed by atoms with Crippen molar-refractivity contribution in [3.8, 4) is 0 Å². The maximum atomic E-state index is 9.24. The topological polar surface area (TPSA) is 61.8 Å². The first-order chi connectivity index (χ1) is 22.6. The van der Waals surface area contributed by atoms with E-state index in [1.807, 2.05) is 14.0 Å². The number of hydrazine groups is 1. The molecule has 0 amide bonds. The van der Waals surface area contributed by atoms with Crippen LogP contribution in [0.4, 0.5) is 0 Å². The fraction of sp³-hybridized carbons (Fsp3) is 0.595. The molecule has 4 nitrogen and oxygen atoms in total. The predicted octanol–water partition coefficient (Wildman–Crippen LogP) is 12.3. The summed E-state index contributed by atoms with van der Waals surface area (Å²) in [5, 5.41) is 10.8. The second-order valence-electron chi connectivity index (χ2n) is 13.2. The van der Waals surface area contributed by atoms with Crippen LogP contribution in [0.2, 0.25) is 0 Å². The third-order valence-electron chi connectivity index (χ3n) is 8.47. The maximum Gasteiger partial charge on any atom is 0.0820 e. The summed E-state index contributed by atoms with van der Waals surface area (Å²) in [5.74, 6) is 6.59. The van der Waals surface area contributed by atoms with Gasteiger partial charge in [-0.05, 0) is 96.1 Å². The molecule has 0 spiro atoms. The molecule has 2 rings (SSSR count). The molecule has 0 aliphatic heterocycles. The van der Waals surface area contributed by atoms with Crippen LogP contribution in [0.1, 0.15) is 132 Å². The first-order valence-corrected chi connectivity index (χ1v) is 19.1. The molecule has 0 heterocycles. The van der Waals surface area contributed by atoms with Crippen LogP contribution in [-0.4, -0.2) is 35.7 Å². The van der Waals surface area contributed by atoms with Crippen molar-refractivity contribution in [1.29, 1.82) is 0 Å². The summed E-state index contributed by atoms with van der Waals surface area (Å²) in [6.07, 6.45) is 40.2. The van der Waals surface area contributed by atoms with Gasteiger partial charge in [0.1, 0.15) is 0 Å². The lowest BCUT2D eigenvalue weighted by molar-refractivity contribution is 0.297. The van der Waals surface area contributed by atoms with Gasteiger partial charge in [-0.2, -0.15) is 0 Å². The number of hydrogen-bond acceptors (Lipinski definition) is 4. The lowest BCUT2D eigenvalue weighted by Gasteiger charge is -2.27. The number of hydrogen-bond donors (Lipinski definition) is 2. The first kappa shape index (κ1) is 44.7. The van der Waals surface area contributed by atoms with Crippen LogP contribution in [0.15, 0.2) is 99.9 Å². The van der Waals surface area contributed by atoms with Crippen LogP contribution in [0.3, 0.4) is 0 Å². The van der Waals surface area contributed by atoms with Gasteiger partial charge in [-0.3, -0.25) is 10.8 Å². The predicted molar refractivity (Wildman–Crippen MR) is 216 cm³/mol. The Morgan fingerprint density at radius 3 is 2.36 bits per heavy atom. The van der Waals surface area contributed by atoms with Gasteiger partial charge in [0, 0.05) is 32.0 Å². The van der Waals surface area contributed by atoms with E-state index in [9.17, 15) is 5.11 Å². The molecule has 266 valence electrons. The summed E-state index contributed by atoms with van der Waals surface area (Å²) in [5.41, 5.74) is 7.96.